The van der Waals surface area contributed by atoms with Crippen molar-refractivity contribution in [1.82, 2.24) is 19.2 Å². The number of rotatable bonds is 7. The number of piperidine rings is 1. The molecule has 1 aromatic carbocycles. The van der Waals surface area contributed by atoms with Crippen LogP contribution in [0.15, 0.2) is 40.6 Å². The number of para-hydroxylation sites is 2. The highest BCUT2D eigenvalue weighted by Gasteiger charge is 2.33. The maximum absolute atomic E-state index is 12.9. The summed E-state index contributed by atoms with van der Waals surface area (Å²) in [6, 6.07) is 11.5. The molecular formula is C22H28N4O3S2. The highest BCUT2D eigenvalue weighted by Crippen LogP contribution is 2.28. The third kappa shape index (κ3) is 4.68. The first-order chi connectivity index (χ1) is 14.9. The summed E-state index contributed by atoms with van der Waals surface area (Å²) in [5.41, 5.74) is 2.08. The molecule has 0 spiro atoms. The van der Waals surface area contributed by atoms with Crippen LogP contribution in [-0.2, 0) is 21.4 Å². The first kappa shape index (κ1) is 22.0. The molecule has 1 amide bonds. The van der Waals surface area contributed by atoms with Gasteiger partial charge < -0.3 is 9.88 Å². The Morgan fingerprint density at radius 1 is 1.23 bits per heavy atom. The van der Waals surface area contributed by atoms with Crippen molar-refractivity contribution in [3.05, 3.63) is 47.1 Å². The first-order valence-corrected chi connectivity index (χ1v) is 12.9. The molecule has 1 unspecified atom stereocenters. The van der Waals surface area contributed by atoms with Gasteiger partial charge in [-0.05, 0) is 57.4 Å². The van der Waals surface area contributed by atoms with E-state index in [1.807, 2.05) is 38.1 Å². The summed E-state index contributed by atoms with van der Waals surface area (Å²) in [6.07, 6.45) is 2.20. The van der Waals surface area contributed by atoms with Gasteiger partial charge in [-0.25, -0.2) is 13.4 Å². The number of hydrogen-bond donors (Lipinski definition) is 1. The lowest BCUT2D eigenvalue weighted by molar-refractivity contribution is -0.126. The van der Waals surface area contributed by atoms with Gasteiger partial charge in [0.05, 0.1) is 17.0 Å². The van der Waals surface area contributed by atoms with Gasteiger partial charge in [0, 0.05) is 31.1 Å². The number of thiophene rings is 1. The van der Waals surface area contributed by atoms with Gasteiger partial charge in [0.15, 0.2) is 0 Å². The molecule has 9 heteroatoms. The number of carbonyl (C=O) groups excluding carboxylic acids is 1. The van der Waals surface area contributed by atoms with Crippen molar-refractivity contribution < 1.29 is 13.2 Å². The molecule has 1 N–H and O–H groups in total. The summed E-state index contributed by atoms with van der Waals surface area (Å²) in [5, 5.41) is 3.01. The number of aryl methyl sites for hydroxylation is 3. The Bertz CT molecular complexity index is 1180. The van der Waals surface area contributed by atoms with Crippen LogP contribution >= 0.6 is 11.3 Å². The molecule has 0 bridgehead atoms. The van der Waals surface area contributed by atoms with E-state index in [9.17, 15) is 13.2 Å². The Labute approximate surface area is 187 Å². The van der Waals surface area contributed by atoms with E-state index in [4.69, 9.17) is 0 Å². The number of nitrogens with one attached hydrogen (secondary N) is 1. The molecule has 3 heterocycles. The van der Waals surface area contributed by atoms with E-state index in [0.29, 0.717) is 30.1 Å². The Morgan fingerprint density at radius 3 is 2.81 bits per heavy atom. The molecule has 0 saturated carbocycles. The molecule has 3 aromatic rings. The van der Waals surface area contributed by atoms with Crippen molar-refractivity contribution in [3.8, 4) is 0 Å². The van der Waals surface area contributed by atoms with E-state index in [0.717, 1.165) is 34.7 Å². The molecule has 1 aliphatic rings. The highest BCUT2D eigenvalue weighted by molar-refractivity contribution is 7.91. The lowest BCUT2D eigenvalue weighted by Crippen LogP contribution is -2.45. The minimum atomic E-state index is -3.53. The molecule has 31 heavy (non-hydrogen) atoms. The van der Waals surface area contributed by atoms with Crippen molar-refractivity contribution in [1.29, 1.82) is 0 Å². The summed E-state index contributed by atoms with van der Waals surface area (Å²) in [5.74, 6) is 0.597. The van der Waals surface area contributed by atoms with E-state index < -0.39 is 10.0 Å². The van der Waals surface area contributed by atoms with Crippen LogP contribution < -0.4 is 5.32 Å². The molecule has 1 fully saturated rings. The van der Waals surface area contributed by atoms with Gasteiger partial charge in [-0.1, -0.05) is 12.1 Å². The lowest BCUT2D eigenvalue weighted by atomic mass is 9.99. The predicted molar refractivity (Wildman–Crippen MR) is 123 cm³/mol. The Balaban J connectivity index is 1.31. The molecule has 0 radical (unpaired) electrons. The number of sulfonamides is 1. The zero-order valence-electron chi connectivity index (χ0n) is 17.9. The summed E-state index contributed by atoms with van der Waals surface area (Å²) in [7, 11) is -3.53. The lowest BCUT2D eigenvalue weighted by Gasteiger charge is -2.30. The largest absolute Gasteiger partial charge is 0.356 e. The van der Waals surface area contributed by atoms with Crippen LogP contribution in [0, 0.1) is 19.8 Å². The van der Waals surface area contributed by atoms with Crippen LogP contribution in [0.2, 0.25) is 0 Å². The fourth-order valence-electron chi connectivity index (χ4n) is 4.12. The van der Waals surface area contributed by atoms with E-state index in [-0.39, 0.29) is 18.4 Å². The Hall–Kier alpha value is -2.23. The van der Waals surface area contributed by atoms with E-state index in [1.54, 1.807) is 6.07 Å². The minimum Gasteiger partial charge on any atom is -0.356 e. The van der Waals surface area contributed by atoms with Crippen LogP contribution in [-0.4, -0.2) is 47.8 Å². The summed E-state index contributed by atoms with van der Waals surface area (Å²) in [6.45, 7) is 5.93. The van der Waals surface area contributed by atoms with Gasteiger partial charge in [0.2, 0.25) is 5.91 Å². The summed E-state index contributed by atoms with van der Waals surface area (Å²) < 4.78 is 29.8. The number of amides is 1. The zero-order chi connectivity index (χ0) is 22.0. The average molecular weight is 461 g/mol. The number of fused-ring (bicyclic) bond motifs is 1. The van der Waals surface area contributed by atoms with Crippen molar-refractivity contribution in [2.45, 2.75) is 43.9 Å². The van der Waals surface area contributed by atoms with Gasteiger partial charge in [0.25, 0.3) is 10.0 Å². The molecule has 4 rings (SSSR count). The van der Waals surface area contributed by atoms with E-state index in [2.05, 4.69) is 20.9 Å². The summed E-state index contributed by atoms with van der Waals surface area (Å²) in [4.78, 5) is 18.2. The number of aromatic nitrogens is 2. The Morgan fingerprint density at radius 2 is 2.03 bits per heavy atom. The van der Waals surface area contributed by atoms with E-state index >= 15 is 0 Å². The van der Waals surface area contributed by atoms with Gasteiger partial charge >= 0.3 is 0 Å². The number of hydrogen-bond acceptors (Lipinski definition) is 5. The molecular weight excluding hydrogens is 432 g/mol. The van der Waals surface area contributed by atoms with Crippen LogP contribution in [0.5, 0.6) is 0 Å². The van der Waals surface area contributed by atoms with Crippen LogP contribution in [0.3, 0.4) is 0 Å². The second-order valence-corrected chi connectivity index (χ2v) is 11.5. The molecule has 2 aromatic heterocycles. The second-order valence-electron chi connectivity index (χ2n) is 8.01. The highest BCUT2D eigenvalue weighted by atomic mass is 32.2. The van der Waals surface area contributed by atoms with Crippen molar-refractivity contribution in [2.24, 2.45) is 5.92 Å². The smallest absolute Gasteiger partial charge is 0.252 e. The SMILES string of the molecule is Cc1ccc(S(=O)(=O)N2CCCC(C(=O)NCCCn3c(C)nc4ccccc43)C2)s1. The zero-order valence-corrected chi connectivity index (χ0v) is 19.5. The van der Waals surface area contributed by atoms with Crippen molar-refractivity contribution in [2.75, 3.05) is 19.6 Å². The second kappa shape index (κ2) is 9.10. The molecule has 1 saturated heterocycles. The maximum atomic E-state index is 12.9. The van der Waals surface area contributed by atoms with Gasteiger partial charge in [-0.2, -0.15) is 4.31 Å². The molecule has 166 valence electrons. The number of carbonyl (C=O) groups is 1. The fourth-order valence-corrected chi connectivity index (χ4v) is 7.09. The standard InChI is InChI=1S/C22H28N4O3S2/c1-16-10-11-21(30-16)31(28,29)25-13-5-7-18(15-25)22(27)23-12-6-14-26-17(2)24-19-8-3-4-9-20(19)26/h3-4,8-11,18H,5-7,12-15H2,1-2H3,(H,23,27). The topological polar surface area (TPSA) is 84.3 Å². The normalized spacial score (nSPS) is 17.8. The van der Waals surface area contributed by atoms with Crippen molar-refractivity contribution in [3.63, 3.8) is 0 Å². The monoisotopic (exact) mass is 460 g/mol. The van der Waals surface area contributed by atoms with Crippen molar-refractivity contribution >= 4 is 38.3 Å². The van der Waals surface area contributed by atoms with Crippen LogP contribution in [0.1, 0.15) is 30.0 Å². The average Bonchev–Trinajstić information content (AvgIpc) is 3.34. The number of imidazole rings is 1. The van der Waals surface area contributed by atoms with E-state index in [1.165, 1.54) is 15.6 Å². The quantitative estimate of drug-likeness (QED) is 0.548. The summed E-state index contributed by atoms with van der Waals surface area (Å²) >= 11 is 1.28. The Kier molecular flexibility index (Phi) is 6.45. The predicted octanol–water partition coefficient (Wildman–Crippen LogP) is 3.32. The van der Waals surface area contributed by atoms with Gasteiger partial charge in [0.1, 0.15) is 10.0 Å². The van der Waals surface area contributed by atoms with Crippen LogP contribution in [0.25, 0.3) is 11.0 Å². The molecule has 1 aliphatic heterocycles. The third-order valence-corrected chi connectivity index (χ3v) is 9.10. The van der Waals surface area contributed by atoms with Gasteiger partial charge in [-0.3, -0.25) is 4.79 Å². The fraction of sp³-hybridized carbons (Fsp3) is 0.455. The third-order valence-electron chi connectivity index (χ3n) is 5.77. The maximum Gasteiger partial charge on any atom is 0.252 e. The first-order valence-electron chi connectivity index (χ1n) is 10.6. The molecule has 1 atom stereocenters. The molecule has 7 nitrogen and oxygen atoms in total. The number of benzene rings is 1. The molecule has 0 aliphatic carbocycles. The van der Waals surface area contributed by atoms with Crippen LogP contribution in [0.4, 0.5) is 0 Å². The number of nitrogens with zero attached hydrogens (tertiary/aromatic N) is 3. The minimum absolute atomic E-state index is 0.0607. The van der Waals surface area contributed by atoms with Gasteiger partial charge in [-0.15, -0.1) is 11.3 Å².